The van der Waals surface area contributed by atoms with Crippen molar-refractivity contribution in [3.05, 3.63) is 12.2 Å². The molecule has 0 N–H and O–H groups in total. The predicted octanol–water partition coefficient (Wildman–Crippen LogP) is 2.84. The highest BCUT2D eigenvalue weighted by Crippen LogP contribution is 2.26. The van der Waals surface area contributed by atoms with E-state index >= 15 is 0 Å². The van der Waals surface area contributed by atoms with Gasteiger partial charge in [0.2, 0.25) is 0 Å². The molecule has 0 spiro atoms. The summed E-state index contributed by atoms with van der Waals surface area (Å²) in [5.41, 5.74) is -0.0321. The minimum atomic E-state index is -4.50. The largest absolute Gasteiger partial charge is 0.449 e. The second-order valence-corrected chi connectivity index (χ2v) is 3.00. The topological polar surface area (TPSA) is 26.3 Å². The van der Waals surface area contributed by atoms with Crippen LogP contribution in [0, 0.1) is 0 Å². The molecule has 0 aromatic rings. The van der Waals surface area contributed by atoms with E-state index in [1.807, 2.05) is 0 Å². The second kappa shape index (κ2) is 5.02. The van der Waals surface area contributed by atoms with E-state index in [1.54, 1.807) is 6.92 Å². The third kappa shape index (κ3) is 4.30. The van der Waals surface area contributed by atoms with Crippen LogP contribution >= 0.6 is 0 Å². The van der Waals surface area contributed by atoms with Crippen molar-refractivity contribution >= 4 is 5.97 Å². The number of hydrogen-bond acceptors (Lipinski definition) is 2. The van der Waals surface area contributed by atoms with Crippen LogP contribution in [0.4, 0.5) is 13.2 Å². The van der Waals surface area contributed by atoms with Gasteiger partial charge in [-0.2, -0.15) is 13.2 Å². The Bertz CT molecular complexity index is 221. The lowest BCUT2D eigenvalue weighted by Crippen LogP contribution is -2.33. The minimum Gasteiger partial charge on any atom is -0.449 e. The maximum Gasteiger partial charge on any atom is 0.425 e. The number of ether oxygens (including phenoxy) is 1. The standard InChI is InChI=1S/C9H13F3O2/c1-4-5-7(9(10,11)12)14-8(13)6(2)3/h7H,2,4-5H2,1,3H3. The highest BCUT2D eigenvalue weighted by molar-refractivity contribution is 5.87. The van der Waals surface area contributed by atoms with Gasteiger partial charge in [0.25, 0.3) is 0 Å². The lowest BCUT2D eigenvalue weighted by Gasteiger charge is -2.19. The summed E-state index contributed by atoms with van der Waals surface area (Å²) in [5.74, 6) is -0.999. The molecule has 0 aromatic heterocycles. The molecule has 14 heavy (non-hydrogen) atoms. The summed E-state index contributed by atoms with van der Waals surface area (Å²) in [6.45, 7) is 6.11. The molecule has 0 rings (SSSR count). The number of esters is 1. The van der Waals surface area contributed by atoms with Crippen molar-refractivity contribution in [1.29, 1.82) is 0 Å². The van der Waals surface area contributed by atoms with Crippen LogP contribution in [0.5, 0.6) is 0 Å². The molecule has 2 nitrogen and oxygen atoms in total. The quantitative estimate of drug-likeness (QED) is 0.526. The fraction of sp³-hybridized carbons (Fsp3) is 0.667. The zero-order chi connectivity index (χ0) is 11.4. The Labute approximate surface area is 80.7 Å². The van der Waals surface area contributed by atoms with E-state index in [4.69, 9.17) is 0 Å². The predicted molar refractivity (Wildman–Crippen MR) is 45.7 cm³/mol. The van der Waals surface area contributed by atoms with Gasteiger partial charge < -0.3 is 4.74 Å². The van der Waals surface area contributed by atoms with Gasteiger partial charge in [-0.15, -0.1) is 0 Å². The molecule has 0 aliphatic carbocycles. The molecule has 0 aliphatic heterocycles. The van der Waals surface area contributed by atoms with Crippen molar-refractivity contribution in [3.63, 3.8) is 0 Å². The maximum absolute atomic E-state index is 12.2. The zero-order valence-corrected chi connectivity index (χ0v) is 8.15. The summed E-state index contributed by atoms with van der Waals surface area (Å²) >= 11 is 0. The van der Waals surface area contributed by atoms with Crippen LogP contribution in [-0.4, -0.2) is 18.2 Å². The number of alkyl halides is 3. The molecule has 0 bridgehead atoms. The molecule has 0 radical (unpaired) electrons. The minimum absolute atomic E-state index is 0.0321. The Hall–Kier alpha value is -1.00. The van der Waals surface area contributed by atoms with Gasteiger partial charge in [-0.1, -0.05) is 19.9 Å². The second-order valence-electron chi connectivity index (χ2n) is 3.00. The fourth-order valence-corrected chi connectivity index (χ4v) is 0.781. The van der Waals surface area contributed by atoms with Gasteiger partial charge in [0.15, 0.2) is 6.10 Å². The highest BCUT2D eigenvalue weighted by atomic mass is 19.4. The van der Waals surface area contributed by atoms with E-state index in [0.717, 1.165) is 0 Å². The lowest BCUT2D eigenvalue weighted by atomic mass is 10.2. The van der Waals surface area contributed by atoms with Crippen molar-refractivity contribution in [1.82, 2.24) is 0 Å². The normalized spacial score (nSPS) is 13.5. The van der Waals surface area contributed by atoms with Crippen LogP contribution in [0.15, 0.2) is 12.2 Å². The summed E-state index contributed by atoms with van der Waals surface area (Å²) < 4.78 is 40.9. The van der Waals surface area contributed by atoms with Gasteiger partial charge in [0.1, 0.15) is 0 Å². The lowest BCUT2D eigenvalue weighted by molar-refractivity contribution is -0.220. The smallest absolute Gasteiger partial charge is 0.425 e. The van der Waals surface area contributed by atoms with Gasteiger partial charge in [-0.05, 0) is 13.3 Å². The molecular weight excluding hydrogens is 197 g/mol. The van der Waals surface area contributed by atoms with E-state index in [2.05, 4.69) is 11.3 Å². The molecule has 0 saturated carbocycles. The zero-order valence-electron chi connectivity index (χ0n) is 8.15. The van der Waals surface area contributed by atoms with E-state index in [0.29, 0.717) is 6.42 Å². The highest BCUT2D eigenvalue weighted by Gasteiger charge is 2.41. The van der Waals surface area contributed by atoms with Gasteiger partial charge >= 0.3 is 12.1 Å². The van der Waals surface area contributed by atoms with Crippen molar-refractivity contribution in [2.45, 2.75) is 39.0 Å². The first-order valence-electron chi connectivity index (χ1n) is 4.22. The molecule has 0 aliphatic rings. The first kappa shape index (κ1) is 13.0. The molecular formula is C9H13F3O2. The maximum atomic E-state index is 12.2. The van der Waals surface area contributed by atoms with E-state index in [9.17, 15) is 18.0 Å². The van der Waals surface area contributed by atoms with Gasteiger partial charge in [-0.3, -0.25) is 0 Å². The molecule has 1 atom stereocenters. The molecule has 5 heteroatoms. The van der Waals surface area contributed by atoms with Crippen molar-refractivity contribution in [2.24, 2.45) is 0 Å². The average molecular weight is 210 g/mol. The van der Waals surface area contributed by atoms with Crippen molar-refractivity contribution in [2.75, 3.05) is 0 Å². The number of carbonyl (C=O) groups excluding carboxylic acids is 1. The number of halogens is 3. The Morgan fingerprint density at radius 2 is 2.00 bits per heavy atom. The van der Waals surface area contributed by atoms with Crippen molar-refractivity contribution < 1.29 is 22.7 Å². The molecule has 82 valence electrons. The monoisotopic (exact) mass is 210 g/mol. The summed E-state index contributed by atoms with van der Waals surface area (Å²) in [7, 11) is 0. The first-order valence-corrected chi connectivity index (χ1v) is 4.22. The number of rotatable bonds is 4. The van der Waals surface area contributed by atoms with Crippen LogP contribution in [0.1, 0.15) is 26.7 Å². The third-order valence-electron chi connectivity index (χ3n) is 1.51. The van der Waals surface area contributed by atoms with Crippen molar-refractivity contribution in [3.8, 4) is 0 Å². The van der Waals surface area contributed by atoms with Crippen LogP contribution < -0.4 is 0 Å². The molecule has 1 unspecified atom stereocenters. The molecule has 0 heterocycles. The SMILES string of the molecule is C=C(C)C(=O)OC(CCC)C(F)(F)F. The Kier molecular flexibility index (Phi) is 4.67. The van der Waals surface area contributed by atoms with E-state index in [-0.39, 0.29) is 12.0 Å². The molecule has 0 amide bonds. The van der Waals surface area contributed by atoms with E-state index in [1.165, 1.54) is 6.92 Å². The molecule has 0 fully saturated rings. The van der Waals surface area contributed by atoms with Crippen LogP contribution in [0.25, 0.3) is 0 Å². The van der Waals surface area contributed by atoms with E-state index < -0.39 is 18.2 Å². The summed E-state index contributed by atoms with van der Waals surface area (Å²) in [4.78, 5) is 10.9. The van der Waals surface area contributed by atoms with Crippen LogP contribution in [0.2, 0.25) is 0 Å². The Morgan fingerprint density at radius 3 is 2.29 bits per heavy atom. The summed E-state index contributed by atoms with van der Waals surface area (Å²) in [6.07, 6.45) is -6.44. The Balaban J connectivity index is 4.38. The number of carbonyl (C=O) groups is 1. The van der Waals surface area contributed by atoms with Crippen LogP contribution in [0.3, 0.4) is 0 Å². The number of hydrogen-bond donors (Lipinski definition) is 0. The van der Waals surface area contributed by atoms with Gasteiger partial charge in [0.05, 0.1) is 0 Å². The summed E-state index contributed by atoms with van der Waals surface area (Å²) in [6, 6.07) is 0. The average Bonchev–Trinajstić information content (AvgIpc) is 2.01. The molecule has 0 saturated heterocycles. The van der Waals surface area contributed by atoms with Gasteiger partial charge in [0, 0.05) is 5.57 Å². The van der Waals surface area contributed by atoms with Crippen LogP contribution in [-0.2, 0) is 9.53 Å². The van der Waals surface area contributed by atoms with Gasteiger partial charge in [-0.25, -0.2) is 4.79 Å². The Morgan fingerprint density at radius 1 is 1.50 bits per heavy atom. The summed E-state index contributed by atoms with van der Waals surface area (Å²) in [5, 5.41) is 0. The first-order chi connectivity index (χ1) is 6.29. The fourth-order valence-electron chi connectivity index (χ4n) is 0.781. The third-order valence-corrected chi connectivity index (χ3v) is 1.51. The molecule has 0 aromatic carbocycles.